The molecule has 0 rings (SSSR count). The highest BCUT2D eigenvalue weighted by Crippen LogP contribution is 1.57. The molecule has 0 aliphatic heterocycles. The van der Waals surface area contributed by atoms with Crippen molar-refractivity contribution < 1.29 is 28.4 Å². The topological polar surface area (TPSA) is 166 Å². The lowest BCUT2D eigenvalue weighted by Gasteiger charge is -2.06. The van der Waals surface area contributed by atoms with Crippen LogP contribution in [0.5, 0.6) is 0 Å². The first-order chi connectivity index (χ1) is 4.83. The smallest absolute Gasteiger partial charge is 0.0823 e. The molecule has 0 bridgehead atoms. The summed E-state index contributed by atoms with van der Waals surface area (Å²) in [5.41, 5.74) is 3.00. The molecule has 0 saturated heterocycles. The van der Waals surface area contributed by atoms with E-state index in [0.29, 0.717) is 0 Å². The molecule has 8 N–H and O–H groups in total. The van der Waals surface area contributed by atoms with E-state index in [1.165, 1.54) is 10.9 Å². The monoisotopic (exact) mass is 190 g/mol. The van der Waals surface area contributed by atoms with Crippen LogP contribution in [0, 0.1) is 0 Å². The molecule has 0 spiro atoms. The van der Waals surface area contributed by atoms with Gasteiger partial charge in [0, 0.05) is 10.4 Å². The molecule has 0 radical (unpaired) electrons. The first-order valence-electron chi connectivity index (χ1n) is 2.49. The summed E-state index contributed by atoms with van der Waals surface area (Å²) in [6.45, 7) is 0. The van der Waals surface area contributed by atoms with E-state index >= 15 is 0 Å². The molecule has 0 atom stereocenters. The van der Waals surface area contributed by atoms with Gasteiger partial charge in [0.15, 0.2) is 0 Å². The fourth-order valence-electron chi connectivity index (χ4n) is 0. The molecule has 0 aromatic carbocycles. The highest BCUT2D eigenvalue weighted by atomic mass is 32.3. The van der Waals surface area contributed by atoms with Gasteiger partial charge in [-0.15, -0.1) is 0 Å². The highest BCUT2D eigenvalue weighted by Gasteiger charge is 1.49. The van der Waals surface area contributed by atoms with Crippen LogP contribution in [0.15, 0.2) is 0 Å². The number of quaternary nitrogens is 2. The Morgan fingerprint density at radius 3 is 1.09 bits per heavy atom. The van der Waals surface area contributed by atoms with E-state index in [1.54, 1.807) is 14.1 Å². The van der Waals surface area contributed by atoms with E-state index in [2.05, 4.69) is 0 Å². The third-order valence-corrected chi connectivity index (χ3v) is 0. The highest BCUT2D eigenvalue weighted by molar-refractivity contribution is 7.79. The Bertz CT molecular complexity index is 123. The van der Waals surface area contributed by atoms with Crippen molar-refractivity contribution in [2.75, 3.05) is 14.1 Å². The Morgan fingerprint density at radius 2 is 1.09 bits per heavy atom. The minimum Gasteiger partial charge on any atom is -0.759 e. The average Bonchev–Trinajstić information content (AvgIpc) is 1.62. The molecule has 0 unspecified atom stereocenters. The molecule has 0 aromatic heterocycles. The van der Waals surface area contributed by atoms with Crippen molar-refractivity contribution in [3.63, 3.8) is 0 Å². The largest absolute Gasteiger partial charge is 0.759 e. The van der Waals surface area contributed by atoms with Gasteiger partial charge in [0.25, 0.3) is 0 Å². The van der Waals surface area contributed by atoms with Gasteiger partial charge < -0.3 is 9.11 Å². The van der Waals surface area contributed by atoms with Crippen LogP contribution in [-0.4, -0.2) is 31.6 Å². The Hall–Kier alpha value is -0.290. The minimum absolute atomic E-state index is 1.50. The van der Waals surface area contributed by atoms with Crippen LogP contribution in [0.2, 0.25) is 0 Å². The van der Waals surface area contributed by atoms with Gasteiger partial charge in [0.1, 0.15) is 0 Å². The summed E-state index contributed by atoms with van der Waals surface area (Å²) in [4.78, 5) is 0. The van der Waals surface area contributed by atoms with Crippen LogP contribution in [-0.2, 0) is 10.4 Å². The Balaban J connectivity index is -0.0000000933. The fourth-order valence-corrected chi connectivity index (χ4v) is 0. The van der Waals surface area contributed by atoms with E-state index in [-0.39, 0.29) is 0 Å². The Morgan fingerprint density at radius 1 is 1.09 bits per heavy atom. The summed E-state index contributed by atoms with van der Waals surface area (Å²) < 4.78 is 34.1. The third-order valence-electron chi connectivity index (χ3n) is 0. The van der Waals surface area contributed by atoms with Crippen molar-refractivity contribution in [2.24, 2.45) is 11.7 Å². The summed E-state index contributed by atoms with van der Waals surface area (Å²) in [6.07, 6.45) is 0. The van der Waals surface area contributed by atoms with Crippen LogP contribution >= 0.6 is 0 Å². The molecule has 0 aromatic rings. The zero-order valence-electron chi connectivity index (χ0n) is 6.35. The van der Waals surface area contributed by atoms with Gasteiger partial charge in [-0.2, -0.15) is 11.7 Å². The van der Waals surface area contributed by atoms with Crippen LogP contribution in [0.25, 0.3) is 0 Å². The number of hydrogen-bond acceptors (Lipinski definition) is 6. The van der Waals surface area contributed by atoms with Crippen molar-refractivity contribution in [1.29, 1.82) is 0 Å². The first-order valence-corrected chi connectivity index (χ1v) is 3.82. The van der Waals surface area contributed by atoms with Gasteiger partial charge in [-0.3, -0.25) is 19.3 Å². The van der Waals surface area contributed by atoms with Gasteiger partial charge in [0.05, 0.1) is 14.1 Å². The molecular weight excluding hydrogens is 176 g/mol. The second-order valence-electron chi connectivity index (χ2n) is 1.07. The van der Waals surface area contributed by atoms with Crippen molar-refractivity contribution >= 4 is 10.4 Å². The van der Waals surface area contributed by atoms with Crippen LogP contribution in [0.3, 0.4) is 0 Å². The molecular formula is C2H14N4O4S. The van der Waals surface area contributed by atoms with E-state index in [4.69, 9.17) is 29.2 Å². The standard InChI is InChI=1S/2CH6N2.H2O4S/c2*1-3-2;1-5(2,3)4/h2*3H,2H2,1H3;(H2,1,2,3,4). The van der Waals surface area contributed by atoms with Crippen LogP contribution < -0.4 is 22.5 Å². The van der Waals surface area contributed by atoms with E-state index in [1.807, 2.05) is 0 Å². The Labute approximate surface area is 65.5 Å². The Kier molecular flexibility index (Phi) is 19.1. The fraction of sp³-hybridized carbons (Fsp3) is 1.00. The van der Waals surface area contributed by atoms with Crippen molar-refractivity contribution in [1.82, 2.24) is 0 Å². The molecule has 0 aliphatic carbocycles. The second kappa shape index (κ2) is 12.4. The molecule has 0 amide bonds. The maximum atomic E-state index is 8.52. The van der Waals surface area contributed by atoms with E-state index in [9.17, 15) is 0 Å². The lowest BCUT2D eigenvalue weighted by atomic mass is 11.5. The van der Waals surface area contributed by atoms with Crippen molar-refractivity contribution in [3.8, 4) is 0 Å². The lowest BCUT2D eigenvalue weighted by Crippen LogP contribution is -2.87. The zero-order chi connectivity index (χ0) is 9.91. The predicted molar refractivity (Wildman–Crippen MR) is 34.5 cm³/mol. The molecule has 0 aliphatic rings. The van der Waals surface area contributed by atoms with E-state index < -0.39 is 10.4 Å². The van der Waals surface area contributed by atoms with Crippen LogP contribution in [0.1, 0.15) is 0 Å². The first kappa shape index (κ1) is 17.0. The third kappa shape index (κ3) is 6860. The molecule has 11 heavy (non-hydrogen) atoms. The predicted octanol–water partition coefficient (Wildman–Crippen LogP) is -5.23. The summed E-state index contributed by atoms with van der Waals surface area (Å²) in [5.74, 6) is 9.44. The number of rotatable bonds is 0. The van der Waals surface area contributed by atoms with Gasteiger partial charge in [-0.25, -0.2) is 0 Å². The molecule has 0 saturated carbocycles. The lowest BCUT2D eigenvalue weighted by molar-refractivity contribution is -0.639. The summed E-state index contributed by atoms with van der Waals surface area (Å²) in [7, 11) is -1.61. The summed E-state index contributed by atoms with van der Waals surface area (Å²) in [6, 6.07) is 0. The molecule has 0 fully saturated rings. The van der Waals surface area contributed by atoms with Gasteiger partial charge >= 0.3 is 0 Å². The number of nitrogens with two attached hydrogens (primary N) is 4. The van der Waals surface area contributed by atoms with Crippen molar-refractivity contribution in [2.45, 2.75) is 0 Å². The second-order valence-corrected chi connectivity index (χ2v) is 1.89. The van der Waals surface area contributed by atoms with Crippen LogP contribution in [0.4, 0.5) is 0 Å². The summed E-state index contributed by atoms with van der Waals surface area (Å²) >= 11 is 0. The molecule has 8 nitrogen and oxygen atoms in total. The molecule has 0 heterocycles. The van der Waals surface area contributed by atoms with E-state index in [0.717, 1.165) is 0 Å². The van der Waals surface area contributed by atoms with Gasteiger partial charge in [-0.1, -0.05) is 0 Å². The normalized spacial score (nSPS) is 8.55. The zero-order valence-corrected chi connectivity index (χ0v) is 7.17. The summed E-state index contributed by atoms with van der Waals surface area (Å²) in [5, 5.41) is 0. The SMILES string of the molecule is C[NH2+]N.C[NH2+]N.O=S(=O)([O-])[O-]. The molecule has 9 heteroatoms. The minimum atomic E-state index is -5.17. The maximum absolute atomic E-state index is 8.52. The van der Waals surface area contributed by atoms with Gasteiger partial charge in [-0.05, 0) is 0 Å². The quantitative estimate of drug-likeness (QED) is 0.129. The van der Waals surface area contributed by atoms with Gasteiger partial charge in [0.2, 0.25) is 0 Å². The average molecular weight is 190 g/mol. The molecule has 72 valence electrons. The van der Waals surface area contributed by atoms with Crippen molar-refractivity contribution in [3.05, 3.63) is 0 Å². The maximum Gasteiger partial charge on any atom is 0.0823 e. The number of hydrogen-bond donors (Lipinski definition) is 4.